The van der Waals surface area contributed by atoms with E-state index >= 15 is 0 Å². The number of nitrogens with one attached hydrogen (secondary N) is 1. The lowest BCUT2D eigenvalue weighted by molar-refractivity contribution is -0.105. The fourth-order valence-electron chi connectivity index (χ4n) is 2.26. The molecule has 0 unspecified atom stereocenters. The Morgan fingerprint density at radius 2 is 2.14 bits per heavy atom. The second-order valence-electron chi connectivity index (χ2n) is 6.02. The molecule has 29 heavy (non-hydrogen) atoms. The number of benzene rings is 1. The number of amides is 1. The van der Waals surface area contributed by atoms with Gasteiger partial charge in [-0.05, 0) is 50.8 Å². The Labute approximate surface area is 171 Å². The second kappa shape index (κ2) is 11.3. The highest BCUT2D eigenvalue weighted by atomic mass is 32.1. The molecule has 1 saturated carbocycles. The maximum Gasteiger partial charge on any atom is 0.387 e. The molecule has 1 amide bonds. The zero-order chi connectivity index (χ0) is 21.2. The van der Waals surface area contributed by atoms with Crippen LogP contribution in [0.5, 0.6) is 11.5 Å². The molecule has 3 rings (SSSR count). The van der Waals surface area contributed by atoms with Crippen molar-refractivity contribution in [2.75, 3.05) is 11.9 Å². The first-order valence-electron chi connectivity index (χ1n) is 8.97. The van der Waals surface area contributed by atoms with Crippen molar-refractivity contribution < 1.29 is 32.6 Å². The highest BCUT2D eigenvalue weighted by Gasteiger charge is 2.21. The van der Waals surface area contributed by atoms with Gasteiger partial charge >= 0.3 is 12.6 Å². The Hall–Kier alpha value is -2.75. The number of alkyl halides is 2. The maximum absolute atomic E-state index is 12.2. The van der Waals surface area contributed by atoms with Crippen molar-refractivity contribution in [3.8, 4) is 11.5 Å². The van der Waals surface area contributed by atoms with E-state index in [1.807, 2.05) is 6.92 Å². The summed E-state index contributed by atoms with van der Waals surface area (Å²) in [6.45, 7) is 1.10. The minimum Gasteiger partial charge on any atom is -0.487 e. The van der Waals surface area contributed by atoms with Crippen molar-refractivity contribution >= 4 is 28.8 Å². The van der Waals surface area contributed by atoms with Crippen LogP contribution in [0, 0.1) is 6.92 Å². The number of hydrogen-bond donors (Lipinski definition) is 1. The number of aromatic nitrogens is 1. The van der Waals surface area contributed by atoms with Crippen LogP contribution in [0.25, 0.3) is 0 Å². The van der Waals surface area contributed by atoms with Crippen LogP contribution in [0.3, 0.4) is 0 Å². The molecule has 1 N–H and O–H groups in total. The van der Waals surface area contributed by atoms with Gasteiger partial charge in [-0.25, -0.2) is 9.78 Å². The third-order valence-electron chi connectivity index (χ3n) is 3.83. The van der Waals surface area contributed by atoms with E-state index in [4.69, 9.17) is 9.47 Å². The predicted octanol–water partition coefficient (Wildman–Crippen LogP) is 4.42. The minimum atomic E-state index is -2.81. The van der Waals surface area contributed by atoms with Crippen molar-refractivity contribution in [3.05, 3.63) is 34.8 Å². The van der Waals surface area contributed by atoms with Gasteiger partial charge < -0.3 is 19.5 Å². The average molecular weight is 428 g/mol. The number of esters is 1. The van der Waals surface area contributed by atoms with Crippen molar-refractivity contribution in [1.82, 2.24) is 4.98 Å². The molecule has 0 bridgehead atoms. The molecular weight excluding hydrogens is 406 g/mol. The smallest absolute Gasteiger partial charge is 0.387 e. The minimum absolute atomic E-state index is 0.118. The van der Waals surface area contributed by atoms with Gasteiger partial charge in [-0.2, -0.15) is 8.78 Å². The van der Waals surface area contributed by atoms with E-state index in [1.54, 1.807) is 19.1 Å². The molecule has 1 aromatic heterocycles. The molecule has 1 aromatic carbocycles. The molecule has 0 saturated heterocycles. The number of aryl methyl sites for hydroxylation is 1. The van der Waals surface area contributed by atoms with Crippen LogP contribution in [-0.4, -0.2) is 36.7 Å². The number of anilines is 1. The third kappa shape index (κ3) is 7.30. The fraction of sp³-hybridized carbons (Fsp3) is 0.421. The number of nitrogens with zero attached hydrogens (tertiary/aromatic N) is 1. The number of rotatable bonds is 8. The summed E-state index contributed by atoms with van der Waals surface area (Å²) in [5.74, 6) is 0.0650. The van der Waals surface area contributed by atoms with Crippen molar-refractivity contribution in [2.24, 2.45) is 0 Å². The molecular formula is C19H22F2N2O5S. The lowest BCUT2D eigenvalue weighted by Gasteiger charge is -2.27. The third-order valence-corrected chi connectivity index (χ3v) is 4.61. The van der Waals surface area contributed by atoms with Gasteiger partial charge in [0.25, 0.3) is 0 Å². The van der Waals surface area contributed by atoms with Crippen molar-refractivity contribution in [1.29, 1.82) is 0 Å². The number of carbonyl (C=O) groups excluding carboxylic acids is 2. The molecule has 0 spiro atoms. The second-order valence-corrected chi connectivity index (χ2v) is 6.88. The van der Waals surface area contributed by atoms with E-state index in [0.29, 0.717) is 23.9 Å². The molecule has 1 heterocycles. The summed E-state index contributed by atoms with van der Waals surface area (Å²) in [6.07, 6.45) is 3.78. The van der Waals surface area contributed by atoms with Crippen LogP contribution >= 0.6 is 11.3 Å². The van der Waals surface area contributed by atoms with Crippen LogP contribution in [-0.2, 0) is 9.53 Å². The van der Waals surface area contributed by atoms with Gasteiger partial charge in [0.05, 0.1) is 12.7 Å². The summed E-state index contributed by atoms with van der Waals surface area (Å²) in [6, 6.07) is 4.98. The summed E-state index contributed by atoms with van der Waals surface area (Å²) < 4.78 is 39.0. The van der Waals surface area contributed by atoms with E-state index in [-0.39, 0.29) is 17.5 Å². The summed E-state index contributed by atoms with van der Waals surface area (Å²) in [4.78, 5) is 24.9. The first-order valence-corrected chi connectivity index (χ1v) is 9.85. The number of ether oxygens (including phenoxy) is 3. The van der Waals surface area contributed by atoms with Gasteiger partial charge in [0, 0.05) is 5.38 Å². The van der Waals surface area contributed by atoms with E-state index in [1.165, 1.54) is 22.8 Å². The standard InChI is InChI=1S/C12H14F2O2.C7H8N2O3S/c1-8-5-6-10(16-12(13)14)11(7-8)15-9-3-2-4-9;1-2-12-6(11)5-3-13-7(9-5)8-4-10/h5-7,9,12H,2-4H2,1H3;3-4H,2H2,1H3,(H,8,9,10). The number of carbonyl (C=O) groups is 2. The first-order chi connectivity index (χ1) is 13.9. The Kier molecular flexibility index (Phi) is 8.78. The lowest BCUT2D eigenvalue weighted by Crippen LogP contribution is -2.25. The van der Waals surface area contributed by atoms with Crippen LogP contribution < -0.4 is 14.8 Å². The highest BCUT2D eigenvalue weighted by Crippen LogP contribution is 2.34. The van der Waals surface area contributed by atoms with Crippen LogP contribution in [0.4, 0.5) is 13.9 Å². The zero-order valence-electron chi connectivity index (χ0n) is 16.0. The number of hydrogen-bond acceptors (Lipinski definition) is 7. The fourth-order valence-corrected chi connectivity index (χ4v) is 2.90. The largest absolute Gasteiger partial charge is 0.487 e. The van der Waals surface area contributed by atoms with E-state index in [0.717, 1.165) is 24.8 Å². The van der Waals surface area contributed by atoms with Gasteiger partial charge in [0.1, 0.15) is 0 Å². The summed E-state index contributed by atoms with van der Waals surface area (Å²) >= 11 is 1.17. The van der Waals surface area contributed by atoms with Crippen molar-refractivity contribution in [3.63, 3.8) is 0 Å². The van der Waals surface area contributed by atoms with Crippen LogP contribution in [0.1, 0.15) is 42.2 Å². The predicted molar refractivity (Wildman–Crippen MR) is 104 cm³/mol. The average Bonchev–Trinajstić information content (AvgIpc) is 3.10. The molecule has 0 atom stereocenters. The SMILES string of the molecule is CCOC(=O)c1csc(NC=O)n1.Cc1ccc(OC(F)F)c(OC2CCC2)c1. The first kappa shape index (κ1) is 22.5. The van der Waals surface area contributed by atoms with Gasteiger partial charge in [0.15, 0.2) is 22.3 Å². The molecule has 7 nitrogen and oxygen atoms in total. The van der Waals surface area contributed by atoms with Gasteiger partial charge in [-0.15, -0.1) is 11.3 Å². The van der Waals surface area contributed by atoms with Crippen molar-refractivity contribution in [2.45, 2.75) is 45.8 Å². The molecule has 1 aliphatic rings. The summed E-state index contributed by atoms with van der Waals surface area (Å²) in [7, 11) is 0. The Morgan fingerprint density at radius 3 is 2.72 bits per heavy atom. The maximum atomic E-state index is 12.2. The summed E-state index contributed by atoms with van der Waals surface area (Å²) in [5.41, 5.74) is 1.19. The van der Waals surface area contributed by atoms with E-state index in [2.05, 4.69) is 15.0 Å². The Balaban J connectivity index is 0.000000212. The molecule has 0 aliphatic heterocycles. The molecule has 1 fully saturated rings. The molecule has 158 valence electrons. The van der Waals surface area contributed by atoms with E-state index < -0.39 is 12.6 Å². The topological polar surface area (TPSA) is 86.8 Å². The monoisotopic (exact) mass is 428 g/mol. The quantitative estimate of drug-likeness (QED) is 0.495. The molecule has 2 aromatic rings. The van der Waals surface area contributed by atoms with Gasteiger partial charge in [-0.1, -0.05) is 6.07 Å². The van der Waals surface area contributed by atoms with Crippen LogP contribution in [0.2, 0.25) is 0 Å². The number of thiazole rings is 1. The Morgan fingerprint density at radius 1 is 1.38 bits per heavy atom. The van der Waals surface area contributed by atoms with Gasteiger partial charge in [0.2, 0.25) is 6.41 Å². The van der Waals surface area contributed by atoms with E-state index in [9.17, 15) is 18.4 Å². The normalized spacial score (nSPS) is 13.0. The summed E-state index contributed by atoms with van der Waals surface area (Å²) in [5, 5.41) is 4.26. The Bertz CT molecular complexity index is 812. The molecule has 0 radical (unpaired) electrons. The molecule has 10 heteroatoms. The molecule has 1 aliphatic carbocycles. The lowest BCUT2D eigenvalue weighted by atomic mass is 9.96. The highest BCUT2D eigenvalue weighted by molar-refractivity contribution is 7.14. The van der Waals surface area contributed by atoms with Crippen LogP contribution in [0.15, 0.2) is 23.6 Å². The zero-order valence-corrected chi connectivity index (χ0v) is 16.8. The van der Waals surface area contributed by atoms with Gasteiger partial charge in [-0.3, -0.25) is 4.79 Å². The number of halogens is 2.